The fourth-order valence-electron chi connectivity index (χ4n) is 2.27. The van der Waals surface area contributed by atoms with Gasteiger partial charge in [0, 0.05) is 18.2 Å². The van der Waals surface area contributed by atoms with E-state index in [1.54, 1.807) is 20.8 Å². The average Bonchev–Trinajstić information content (AvgIpc) is 2.37. The Bertz CT molecular complexity index is 563. The zero-order valence-corrected chi connectivity index (χ0v) is 12.5. The summed E-state index contributed by atoms with van der Waals surface area (Å²) in [5.41, 5.74) is -0.223. The van der Waals surface area contributed by atoms with Gasteiger partial charge in [0.05, 0.1) is 6.04 Å². The third kappa shape index (κ3) is 3.74. The summed E-state index contributed by atoms with van der Waals surface area (Å²) in [6.45, 7) is 5.75. The van der Waals surface area contributed by atoms with Crippen LogP contribution in [-0.4, -0.2) is 28.2 Å². The summed E-state index contributed by atoms with van der Waals surface area (Å²) in [6.07, 6.45) is 3.82. The molecule has 1 unspecified atom stereocenters. The minimum Gasteiger partial charge on any atom is -0.508 e. The number of nitrogens with zero attached hydrogens (tertiary/aromatic N) is 1. The van der Waals surface area contributed by atoms with E-state index in [2.05, 4.69) is 0 Å². The van der Waals surface area contributed by atoms with Crippen LogP contribution in [0.3, 0.4) is 0 Å². The Morgan fingerprint density at radius 1 is 1.38 bits per heavy atom. The van der Waals surface area contributed by atoms with Crippen molar-refractivity contribution in [3.63, 3.8) is 0 Å². The van der Waals surface area contributed by atoms with E-state index in [-0.39, 0.29) is 5.75 Å². The molecule has 1 atom stereocenters. The van der Waals surface area contributed by atoms with Crippen LogP contribution in [0.25, 0.3) is 0 Å². The second-order valence-corrected chi connectivity index (χ2v) is 6.06. The molecule has 1 aliphatic rings. The highest BCUT2D eigenvalue weighted by atomic mass is 19.1. The van der Waals surface area contributed by atoms with Gasteiger partial charge in [-0.25, -0.2) is 9.18 Å². The lowest BCUT2D eigenvalue weighted by atomic mass is 9.99. The van der Waals surface area contributed by atoms with E-state index in [0.29, 0.717) is 18.5 Å². The Hall–Kier alpha value is -2.04. The van der Waals surface area contributed by atoms with Crippen LogP contribution in [0.1, 0.15) is 38.8 Å². The lowest BCUT2D eigenvalue weighted by molar-refractivity contribution is 0.0173. The van der Waals surface area contributed by atoms with Gasteiger partial charge >= 0.3 is 6.09 Å². The van der Waals surface area contributed by atoms with E-state index in [1.807, 2.05) is 12.2 Å². The van der Waals surface area contributed by atoms with Crippen LogP contribution in [-0.2, 0) is 4.74 Å². The van der Waals surface area contributed by atoms with Crippen LogP contribution >= 0.6 is 0 Å². The number of benzene rings is 1. The van der Waals surface area contributed by atoms with Gasteiger partial charge in [-0.1, -0.05) is 18.2 Å². The molecule has 0 saturated carbocycles. The molecule has 0 fully saturated rings. The molecule has 0 bridgehead atoms. The molecule has 1 aliphatic heterocycles. The summed E-state index contributed by atoms with van der Waals surface area (Å²) in [7, 11) is 0. The van der Waals surface area contributed by atoms with E-state index in [9.17, 15) is 14.3 Å². The first-order valence-corrected chi connectivity index (χ1v) is 6.91. The fourth-order valence-corrected chi connectivity index (χ4v) is 2.27. The molecule has 1 amide bonds. The molecule has 0 radical (unpaired) electrons. The van der Waals surface area contributed by atoms with Crippen molar-refractivity contribution in [2.24, 2.45) is 0 Å². The van der Waals surface area contributed by atoms with Crippen LogP contribution in [0.5, 0.6) is 5.75 Å². The molecule has 4 nitrogen and oxygen atoms in total. The average molecular weight is 293 g/mol. The van der Waals surface area contributed by atoms with Crippen molar-refractivity contribution in [2.45, 2.75) is 38.8 Å². The number of carbonyl (C=O) groups excluding carboxylic acids is 1. The minimum atomic E-state index is -0.601. The molecule has 5 heteroatoms. The smallest absolute Gasteiger partial charge is 0.411 e. The van der Waals surface area contributed by atoms with Gasteiger partial charge in [0.1, 0.15) is 17.2 Å². The zero-order valence-electron chi connectivity index (χ0n) is 12.5. The van der Waals surface area contributed by atoms with Crippen molar-refractivity contribution < 1.29 is 19.0 Å². The predicted molar refractivity (Wildman–Crippen MR) is 77.5 cm³/mol. The Labute approximate surface area is 123 Å². The van der Waals surface area contributed by atoms with Gasteiger partial charge in [-0.2, -0.15) is 0 Å². The summed E-state index contributed by atoms with van der Waals surface area (Å²) in [5, 5.41) is 9.30. The highest BCUT2D eigenvalue weighted by molar-refractivity contribution is 5.69. The van der Waals surface area contributed by atoms with Gasteiger partial charge < -0.3 is 9.84 Å². The van der Waals surface area contributed by atoms with Crippen molar-refractivity contribution in [2.75, 3.05) is 6.54 Å². The largest absolute Gasteiger partial charge is 0.508 e. The van der Waals surface area contributed by atoms with Gasteiger partial charge in [0.15, 0.2) is 0 Å². The van der Waals surface area contributed by atoms with Crippen LogP contribution in [0, 0.1) is 5.82 Å². The third-order valence-corrected chi connectivity index (χ3v) is 3.18. The van der Waals surface area contributed by atoms with Gasteiger partial charge in [0.25, 0.3) is 0 Å². The number of phenolic OH excluding ortho intramolecular Hbond substituents is 1. The summed E-state index contributed by atoms with van der Waals surface area (Å²) < 4.78 is 19.4. The van der Waals surface area contributed by atoms with Gasteiger partial charge in [-0.3, -0.25) is 4.90 Å². The predicted octanol–water partition coefficient (Wildman–Crippen LogP) is 3.77. The molecule has 1 aromatic rings. The molecule has 1 aromatic carbocycles. The molecule has 1 heterocycles. The second-order valence-electron chi connectivity index (χ2n) is 6.06. The van der Waals surface area contributed by atoms with Crippen LogP contribution in [0.2, 0.25) is 0 Å². The van der Waals surface area contributed by atoms with E-state index in [0.717, 1.165) is 6.07 Å². The normalized spacial score (nSPS) is 18.7. The quantitative estimate of drug-likeness (QED) is 0.802. The van der Waals surface area contributed by atoms with Crippen molar-refractivity contribution in [1.82, 2.24) is 4.90 Å². The zero-order chi connectivity index (χ0) is 15.6. The first kappa shape index (κ1) is 15.4. The minimum absolute atomic E-state index is 0.133. The summed E-state index contributed by atoms with van der Waals surface area (Å²) in [6, 6.07) is 3.56. The summed E-state index contributed by atoms with van der Waals surface area (Å²) in [4.78, 5) is 13.8. The topological polar surface area (TPSA) is 49.8 Å². The molecule has 114 valence electrons. The van der Waals surface area contributed by atoms with Crippen molar-refractivity contribution in [1.29, 1.82) is 0 Å². The third-order valence-electron chi connectivity index (χ3n) is 3.18. The SMILES string of the molecule is CC(C)(C)OC(=O)N1CC=CCC1c1ccc(O)cc1F. The highest BCUT2D eigenvalue weighted by Gasteiger charge is 2.31. The van der Waals surface area contributed by atoms with E-state index >= 15 is 0 Å². The Morgan fingerprint density at radius 3 is 2.71 bits per heavy atom. The Balaban J connectivity index is 2.27. The number of phenols is 1. The van der Waals surface area contributed by atoms with E-state index in [1.165, 1.54) is 17.0 Å². The molecule has 0 saturated heterocycles. The summed E-state index contributed by atoms with van der Waals surface area (Å²) in [5.74, 6) is -0.657. The lowest BCUT2D eigenvalue weighted by Gasteiger charge is -2.34. The maximum absolute atomic E-state index is 14.0. The van der Waals surface area contributed by atoms with Crippen LogP contribution < -0.4 is 0 Å². The standard InChI is InChI=1S/C16H20FNO3/c1-16(2,3)21-15(20)18-9-5-4-6-14(18)12-8-7-11(19)10-13(12)17/h4-5,7-8,10,14,19H,6,9H2,1-3H3. The monoisotopic (exact) mass is 293 g/mol. The molecule has 0 aliphatic carbocycles. The number of hydrogen-bond acceptors (Lipinski definition) is 3. The van der Waals surface area contributed by atoms with Gasteiger partial charge in [-0.05, 0) is 33.3 Å². The maximum Gasteiger partial charge on any atom is 0.411 e. The maximum atomic E-state index is 14.0. The van der Waals surface area contributed by atoms with Crippen molar-refractivity contribution in [3.8, 4) is 5.75 Å². The Morgan fingerprint density at radius 2 is 2.10 bits per heavy atom. The number of hydrogen-bond donors (Lipinski definition) is 1. The molecular formula is C16H20FNO3. The van der Waals surface area contributed by atoms with Crippen LogP contribution in [0.4, 0.5) is 9.18 Å². The highest BCUT2D eigenvalue weighted by Crippen LogP contribution is 2.32. The number of rotatable bonds is 1. The van der Waals surface area contributed by atoms with E-state index < -0.39 is 23.6 Å². The van der Waals surface area contributed by atoms with Crippen molar-refractivity contribution >= 4 is 6.09 Å². The Kier molecular flexibility index (Phi) is 4.21. The van der Waals surface area contributed by atoms with E-state index in [4.69, 9.17) is 4.74 Å². The molecule has 21 heavy (non-hydrogen) atoms. The fraction of sp³-hybridized carbons (Fsp3) is 0.438. The molecule has 0 aromatic heterocycles. The number of halogens is 1. The molecule has 1 N–H and O–H groups in total. The molecular weight excluding hydrogens is 273 g/mol. The van der Waals surface area contributed by atoms with Crippen LogP contribution in [0.15, 0.2) is 30.4 Å². The number of aromatic hydroxyl groups is 1. The number of carbonyl (C=O) groups is 1. The second kappa shape index (κ2) is 5.76. The molecule has 0 spiro atoms. The first-order valence-electron chi connectivity index (χ1n) is 6.91. The number of amides is 1. The number of ether oxygens (including phenoxy) is 1. The molecule has 2 rings (SSSR count). The summed E-state index contributed by atoms with van der Waals surface area (Å²) >= 11 is 0. The van der Waals surface area contributed by atoms with Gasteiger partial charge in [-0.15, -0.1) is 0 Å². The lowest BCUT2D eigenvalue weighted by Crippen LogP contribution is -2.40. The van der Waals surface area contributed by atoms with Gasteiger partial charge in [0.2, 0.25) is 0 Å². The van der Waals surface area contributed by atoms with Crippen molar-refractivity contribution in [3.05, 3.63) is 41.7 Å². The first-order chi connectivity index (χ1) is 9.78.